The quantitative estimate of drug-likeness (QED) is 0.240. The van der Waals surface area contributed by atoms with Gasteiger partial charge in [0.25, 0.3) is 11.7 Å². The molecule has 1 atom stereocenters. The predicted molar refractivity (Wildman–Crippen MR) is 131 cm³/mol. The summed E-state index contributed by atoms with van der Waals surface area (Å²) in [5, 5.41) is 11.4. The molecule has 4 heterocycles. The van der Waals surface area contributed by atoms with Gasteiger partial charge in [0, 0.05) is 29.6 Å². The number of nitrogens with zero attached hydrogens (tertiary/aromatic N) is 4. The summed E-state index contributed by atoms with van der Waals surface area (Å²) in [4.78, 5) is 36.7. The van der Waals surface area contributed by atoms with Crippen LogP contribution in [0.3, 0.4) is 0 Å². The van der Waals surface area contributed by atoms with Crippen LogP contribution in [0.15, 0.2) is 77.2 Å². The third-order valence-electron chi connectivity index (χ3n) is 6.09. The fourth-order valence-corrected chi connectivity index (χ4v) is 4.85. The first-order valence-electron chi connectivity index (χ1n) is 10.7. The fourth-order valence-electron chi connectivity index (χ4n) is 4.43. The summed E-state index contributed by atoms with van der Waals surface area (Å²) in [6.07, 6.45) is 5.16. The Morgan fingerprint density at radius 2 is 1.94 bits per heavy atom. The van der Waals surface area contributed by atoms with Crippen molar-refractivity contribution in [3.05, 3.63) is 105 Å². The zero-order valence-electron chi connectivity index (χ0n) is 18.6. The van der Waals surface area contributed by atoms with Gasteiger partial charge in [-0.15, -0.1) is 0 Å². The molecule has 1 N–H and O–H groups in total. The van der Waals surface area contributed by atoms with Gasteiger partial charge in [0.1, 0.15) is 11.3 Å². The molecule has 1 aliphatic heterocycles. The van der Waals surface area contributed by atoms with Gasteiger partial charge in [0.15, 0.2) is 5.76 Å². The summed E-state index contributed by atoms with van der Waals surface area (Å²) in [7, 11) is 0. The number of pyridine rings is 2. The number of aromatic nitrogens is 3. The zero-order valence-corrected chi connectivity index (χ0v) is 20.2. The molecule has 3 aromatic heterocycles. The van der Waals surface area contributed by atoms with Crippen molar-refractivity contribution in [3.63, 3.8) is 0 Å². The molecular formula is C26H21BrN4O3. The van der Waals surface area contributed by atoms with Gasteiger partial charge in [-0.2, -0.15) is 0 Å². The second-order valence-electron chi connectivity index (χ2n) is 8.27. The number of aliphatic hydroxyl groups excluding tert-OH is 1. The lowest BCUT2D eigenvalue weighted by molar-refractivity contribution is -0.140. The van der Waals surface area contributed by atoms with E-state index in [1.807, 2.05) is 66.9 Å². The van der Waals surface area contributed by atoms with Gasteiger partial charge in [-0.25, -0.2) is 4.98 Å². The Labute approximate surface area is 204 Å². The number of ketones is 1. The van der Waals surface area contributed by atoms with Crippen LogP contribution in [-0.2, 0) is 16.1 Å². The normalized spacial score (nSPS) is 17.6. The second kappa shape index (κ2) is 8.53. The summed E-state index contributed by atoms with van der Waals surface area (Å²) < 4.78 is 2.67. The van der Waals surface area contributed by atoms with Gasteiger partial charge in [-0.3, -0.25) is 14.6 Å². The Kier molecular flexibility index (Phi) is 5.53. The van der Waals surface area contributed by atoms with Gasteiger partial charge in [0.05, 0.1) is 17.3 Å². The van der Waals surface area contributed by atoms with E-state index in [2.05, 4.69) is 25.9 Å². The van der Waals surface area contributed by atoms with Crippen LogP contribution >= 0.6 is 15.9 Å². The number of aryl methyl sites for hydroxylation is 2. The number of benzene rings is 1. The Balaban J connectivity index is 1.72. The maximum Gasteiger partial charge on any atom is 0.295 e. The maximum atomic E-state index is 13.3. The highest BCUT2D eigenvalue weighted by Crippen LogP contribution is 2.41. The molecular weight excluding hydrogens is 496 g/mol. The summed E-state index contributed by atoms with van der Waals surface area (Å²) in [5.41, 5.74) is 4.10. The largest absolute Gasteiger partial charge is 0.505 e. The minimum atomic E-state index is -0.775. The lowest BCUT2D eigenvalue weighted by atomic mass is 9.96. The lowest BCUT2D eigenvalue weighted by Crippen LogP contribution is -2.29. The van der Waals surface area contributed by atoms with Crippen molar-refractivity contribution in [3.8, 4) is 0 Å². The van der Waals surface area contributed by atoms with Crippen LogP contribution < -0.4 is 0 Å². The molecule has 0 radical (unpaired) electrons. The number of carbonyl (C=O) groups is 2. The van der Waals surface area contributed by atoms with Crippen LogP contribution in [0.25, 0.3) is 11.4 Å². The van der Waals surface area contributed by atoms with Crippen LogP contribution in [0.2, 0.25) is 0 Å². The van der Waals surface area contributed by atoms with Crippen molar-refractivity contribution in [1.29, 1.82) is 0 Å². The van der Waals surface area contributed by atoms with E-state index in [1.54, 1.807) is 18.5 Å². The van der Waals surface area contributed by atoms with Crippen molar-refractivity contribution >= 4 is 39.0 Å². The highest BCUT2D eigenvalue weighted by atomic mass is 79.9. The van der Waals surface area contributed by atoms with Crippen LogP contribution in [-0.4, -0.2) is 36.1 Å². The number of hydrogen-bond donors (Lipinski definition) is 1. The smallest absolute Gasteiger partial charge is 0.295 e. The number of amides is 1. The van der Waals surface area contributed by atoms with E-state index in [0.717, 1.165) is 15.6 Å². The average Bonchev–Trinajstić information content (AvgIpc) is 3.30. The van der Waals surface area contributed by atoms with Crippen LogP contribution in [0.5, 0.6) is 0 Å². The number of rotatable bonds is 4. The van der Waals surface area contributed by atoms with E-state index in [1.165, 1.54) is 4.90 Å². The van der Waals surface area contributed by atoms with E-state index in [-0.39, 0.29) is 23.6 Å². The molecule has 170 valence electrons. The third kappa shape index (κ3) is 3.60. The predicted octanol–water partition coefficient (Wildman–Crippen LogP) is 4.73. The Morgan fingerprint density at radius 1 is 1.12 bits per heavy atom. The SMILES string of the molecule is Cc1cccn2c(C)c(/C(O)=C3\C(=O)C(=O)N(Cc4cccnc4)C3c3cccc(Br)c3)nc12. The van der Waals surface area contributed by atoms with Gasteiger partial charge in [-0.1, -0.05) is 40.2 Å². The van der Waals surface area contributed by atoms with Crippen LogP contribution in [0.1, 0.15) is 34.1 Å². The molecule has 1 fully saturated rings. The van der Waals surface area contributed by atoms with Crippen molar-refractivity contribution in [2.24, 2.45) is 0 Å². The number of carbonyl (C=O) groups excluding carboxylic acids is 2. The number of imidazole rings is 1. The van der Waals surface area contributed by atoms with Crippen molar-refractivity contribution in [2.45, 2.75) is 26.4 Å². The molecule has 1 amide bonds. The van der Waals surface area contributed by atoms with Crippen molar-refractivity contribution in [1.82, 2.24) is 19.3 Å². The van der Waals surface area contributed by atoms with Crippen molar-refractivity contribution < 1.29 is 14.7 Å². The molecule has 34 heavy (non-hydrogen) atoms. The lowest BCUT2D eigenvalue weighted by Gasteiger charge is -2.25. The zero-order chi connectivity index (χ0) is 24.0. The standard InChI is InChI=1S/C26H21BrN4O3/c1-15-6-5-11-30-16(2)21(29-25(15)30)23(32)20-22(18-8-3-9-19(27)12-18)31(26(34)24(20)33)14-17-7-4-10-28-13-17/h3-13,22,32H,14H2,1-2H3/b23-20+. The van der Waals surface area contributed by atoms with E-state index in [9.17, 15) is 14.7 Å². The monoisotopic (exact) mass is 516 g/mol. The molecule has 1 unspecified atom stereocenters. The summed E-state index contributed by atoms with van der Waals surface area (Å²) in [6.45, 7) is 3.93. The molecule has 0 aliphatic carbocycles. The molecule has 0 bridgehead atoms. The first kappa shape index (κ1) is 22.0. The van der Waals surface area contributed by atoms with Gasteiger partial charge < -0.3 is 14.4 Å². The first-order chi connectivity index (χ1) is 16.4. The topological polar surface area (TPSA) is 87.8 Å². The minimum absolute atomic E-state index is 0.0242. The molecule has 4 aromatic rings. The van der Waals surface area contributed by atoms with Crippen LogP contribution in [0.4, 0.5) is 0 Å². The number of aliphatic hydroxyl groups is 1. The molecule has 5 rings (SSSR count). The van der Waals surface area contributed by atoms with Gasteiger partial charge in [0.2, 0.25) is 0 Å². The third-order valence-corrected chi connectivity index (χ3v) is 6.58. The highest BCUT2D eigenvalue weighted by Gasteiger charge is 2.46. The number of Topliss-reactive ketones (excluding diaryl/α,β-unsaturated/α-hetero) is 1. The number of likely N-dealkylation sites (tertiary alicyclic amines) is 1. The Bertz CT molecular complexity index is 1480. The summed E-state index contributed by atoms with van der Waals surface area (Å²) in [6, 6.07) is 14.1. The Hall–Kier alpha value is -3.78. The maximum absolute atomic E-state index is 13.3. The Morgan fingerprint density at radius 3 is 2.65 bits per heavy atom. The first-order valence-corrected chi connectivity index (χ1v) is 11.5. The molecule has 0 spiro atoms. The second-order valence-corrected chi connectivity index (χ2v) is 9.19. The van der Waals surface area contributed by atoms with E-state index >= 15 is 0 Å². The molecule has 0 saturated carbocycles. The molecule has 1 saturated heterocycles. The summed E-state index contributed by atoms with van der Waals surface area (Å²) in [5.74, 6) is -1.69. The van der Waals surface area contributed by atoms with E-state index < -0.39 is 17.7 Å². The minimum Gasteiger partial charge on any atom is -0.505 e. The molecule has 7 nitrogen and oxygen atoms in total. The fraction of sp³-hybridized carbons (Fsp3) is 0.154. The number of fused-ring (bicyclic) bond motifs is 1. The van der Waals surface area contributed by atoms with Crippen LogP contribution in [0, 0.1) is 13.8 Å². The summed E-state index contributed by atoms with van der Waals surface area (Å²) >= 11 is 3.48. The van der Waals surface area contributed by atoms with Crippen molar-refractivity contribution in [2.75, 3.05) is 0 Å². The molecule has 1 aromatic carbocycles. The van der Waals surface area contributed by atoms with E-state index in [0.29, 0.717) is 16.9 Å². The molecule has 8 heteroatoms. The highest BCUT2D eigenvalue weighted by molar-refractivity contribution is 9.10. The van der Waals surface area contributed by atoms with Gasteiger partial charge >= 0.3 is 0 Å². The molecule has 1 aliphatic rings. The number of halogens is 1. The number of hydrogen-bond acceptors (Lipinski definition) is 5. The average molecular weight is 517 g/mol. The van der Waals surface area contributed by atoms with Gasteiger partial charge in [-0.05, 0) is 54.8 Å². The van der Waals surface area contributed by atoms with E-state index in [4.69, 9.17) is 0 Å².